The van der Waals surface area contributed by atoms with Gasteiger partial charge in [-0.25, -0.2) is 9.97 Å². The summed E-state index contributed by atoms with van der Waals surface area (Å²) in [6.07, 6.45) is 2.21. The fourth-order valence-electron chi connectivity index (χ4n) is 1.93. The molecular formula is C12H16ClN3S. The van der Waals surface area contributed by atoms with E-state index in [2.05, 4.69) is 36.1 Å². The molecule has 0 fully saturated rings. The first kappa shape index (κ1) is 12.6. The number of hydrogen-bond donors (Lipinski definition) is 1. The summed E-state index contributed by atoms with van der Waals surface area (Å²) in [4.78, 5) is 9.43. The Morgan fingerprint density at radius 2 is 2.18 bits per heavy atom. The molecule has 2 aromatic rings. The summed E-state index contributed by atoms with van der Waals surface area (Å²) in [6.45, 7) is 6.52. The van der Waals surface area contributed by atoms with Gasteiger partial charge in [0.15, 0.2) is 0 Å². The molecule has 2 rings (SSSR count). The van der Waals surface area contributed by atoms with Crippen LogP contribution < -0.4 is 5.32 Å². The van der Waals surface area contributed by atoms with Gasteiger partial charge in [0.05, 0.1) is 5.39 Å². The molecule has 2 aromatic heterocycles. The van der Waals surface area contributed by atoms with Gasteiger partial charge in [0, 0.05) is 5.54 Å². The van der Waals surface area contributed by atoms with Crippen LogP contribution in [0.25, 0.3) is 10.2 Å². The lowest BCUT2D eigenvalue weighted by molar-refractivity contribution is 0.509. The third-order valence-corrected chi connectivity index (χ3v) is 3.61. The van der Waals surface area contributed by atoms with E-state index in [-0.39, 0.29) is 5.54 Å². The maximum absolute atomic E-state index is 5.93. The molecule has 5 heteroatoms. The van der Waals surface area contributed by atoms with Gasteiger partial charge in [0.1, 0.15) is 10.6 Å². The van der Waals surface area contributed by atoms with Crippen LogP contribution in [0.2, 0.25) is 5.28 Å². The minimum Gasteiger partial charge on any atom is -0.365 e. The number of rotatable bonds is 4. The highest BCUT2D eigenvalue weighted by atomic mass is 35.5. The molecule has 0 amide bonds. The van der Waals surface area contributed by atoms with Crippen molar-refractivity contribution >= 4 is 39.0 Å². The van der Waals surface area contributed by atoms with E-state index in [1.54, 1.807) is 11.3 Å². The number of nitrogens with zero attached hydrogens (tertiary/aromatic N) is 2. The zero-order chi connectivity index (χ0) is 12.5. The third kappa shape index (κ3) is 2.87. The van der Waals surface area contributed by atoms with Crippen molar-refractivity contribution in [3.05, 3.63) is 16.7 Å². The van der Waals surface area contributed by atoms with E-state index in [4.69, 9.17) is 11.6 Å². The fraction of sp³-hybridized carbons (Fsp3) is 0.500. The van der Waals surface area contributed by atoms with Crippen molar-refractivity contribution in [2.24, 2.45) is 0 Å². The zero-order valence-electron chi connectivity index (χ0n) is 10.2. The van der Waals surface area contributed by atoms with E-state index < -0.39 is 0 Å². The van der Waals surface area contributed by atoms with E-state index in [0.717, 1.165) is 28.9 Å². The van der Waals surface area contributed by atoms with Crippen LogP contribution in [0.4, 0.5) is 5.82 Å². The summed E-state index contributed by atoms with van der Waals surface area (Å²) < 4.78 is 0. The number of aromatic nitrogens is 2. The van der Waals surface area contributed by atoms with Crippen LogP contribution in [-0.2, 0) is 0 Å². The molecule has 0 radical (unpaired) electrons. The number of thiophene rings is 1. The molecule has 0 aliphatic carbocycles. The van der Waals surface area contributed by atoms with Gasteiger partial charge in [0.25, 0.3) is 0 Å². The van der Waals surface area contributed by atoms with Gasteiger partial charge < -0.3 is 5.32 Å². The highest BCUT2D eigenvalue weighted by Gasteiger charge is 2.19. The first-order valence-corrected chi connectivity index (χ1v) is 6.96. The van der Waals surface area contributed by atoms with Gasteiger partial charge in [-0.3, -0.25) is 0 Å². The fourth-order valence-corrected chi connectivity index (χ4v) is 2.92. The molecule has 3 nitrogen and oxygen atoms in total. The Morgan fingerprint density at radius 3 is 2.88 bits per heavy atom. The van der Waals surface area contributed by atoms with Crippen molar-refractivity contribution in [2.45, 2.75) is 39.2 Å². The van der Waals surface area contributed by atoms with Crippen LogP contribution in [0.5, 0.6) is 0 Å². The van der Waals surface area contributed by atoms with Crippen LogP contribution in [0.3, 0.4) is 0 Å². The molecule has 0 aliphatic heterocycles. The van der Waals surface area contributed by atoms with Crippen LogP contribution in [0, 0.1) is 0 Å². The first-order chi connectivity index (χ1) is 8.02. The molecule has 0 aliphatic rings. The van der Waals surface area contributed by atoms with Gasteiger partial charge in [-0.05, 0) is 43.3 Å². The Bertz CT molecular complexity index is 521. The maximum atomic E-state index is 5.93. The summed E-state index contributed by atoms with van der Waals surface area (Å²) in [5.74, 6) is 0.833. The summed E-state index contributed by atoms with van der Waals surface area (Å²) in [5, 5.41) is 6.81. The van der Waals surface area contributed by atoms with Crippen molar-refractivity contribution in [3.8, 4) is 0 Å². The minimum atomic E-state index is 0.0152. The Balaban J connectivity index is 2.37. The molecule has 0 unspecified atom stereocenters. The molecule has 2 heterocycles. The molecular weight excluding hydrogens is 254 g/mol. The van der Waals surface area contributed by atoms with Crippen molar-refractivity contribution < 1.29 is 0 Å². The third-order valence-electron chi connectivity index (χ3n) is 2.63. The maximum Gasteiger partial charge on any atom is 0.225 e. The number of nitrogens with one attached hydrogen (secondary N) is 1. The number of fused-ring (bicyclic) bond motifs is 1. The standard InChI is InChI=1S/C12H16ClN3S/c1-4-6-12(2,3)16-9-8-5-7-17-10(8)15-11(13)14-9/h5,7H,4,6H2,1-3H3,(H,14,15,16). The Labute approximate surface area is 110 Å². The Morgan fingerprint density at radius 1 is 1.41 bits per heavy atom. The van der Waals surface area contributed by atoms with Crippen molar-refractivity contribution in [2.75, 3.05) is 5.32 Å². The average molecular weight is 270 g/mol. The average Bonchev–Trinajstić information content (AvgIpc) is 2.64. The van der Waals surface area contributed by atoms with Gasteiger partial charge in [-0.1, -0.05) is 13.3 Å². The second kappa shape index (κ2) is 4.78. The predicted molar refractivity (Wildman–Crippen MR) is 75.0 cm³/mol. The monoisotopic (exact) mass is 269 g/mol. The predicted octanol–water partition coefficient (Wildman–Crippen LogP) is 4.34. The van der Waals surface area contributed by atoms with Crippen molar-refractivity contribution in [3.63, 3.8) is 0 Å². The van der Waals surface area contributed by atoms with Crippen LogP contribution in [-0.4, -0.2) is 15.5 Å². The van der Waals surface area contributed by atoms with Crippen LogP contribution in [0.15, 0.2) is 11.4 Å². The summed E-state index contributed by atoms with van der Waals surface area (Å²) in [5.41, 5.74) is 0.0152. The van der Waals surface area contributed by atoms with Crippen LogP contribution >= 0.6 is 22.9 Å². The molecule has 0 saturated heterocycles. The van der Waals surface area contributed by atoms with E-state index in [9.17, 15) is 0 Å². The zero-order valence-corrected chi connectivity index (χ0v) is 11.8. The second-order valence-corrected chi connectivity index (χ2v) is 5.97. The normalized spacial score (nSPS) is 12.0. The molecule has 17 heavy (non-hydrogen) atoms. The number of hydrogen-bond acceptors (Lipinski definition) is 4. The van der Waals surface area contributed by atoms with Crippen molar-refractivity contribution in [1.29, 1.82) is 0 Å². The Kier molecular flexibility index (Phi) is 3.54. The second-order valence-electron chi connectivity index (χ2n) is 4.74. The SMILES string of the molecule is CCCC(C)(C)Nc1nc(Cl)nc2sccc12. The molecule has 0 atom stereocenters. The first-order valence-electron chi connectivity index (χ1n) is 5.71. The van der Waals surface area contributed by atoms with E-state index in [1.165, 1.54) is 0 Å². The van der Waals surface area contributed by atoms with Crippen molar-refractivity contribution in [1.82, 2.24) is 9.97 Å². The van der Waals surface area contributed by atoms with E-state index in [1.807, 2.05) is 11.4 Å². The molecule has 1 N–H and O–H groups in total. The summed E-state index contributed by atoms with van der Waals surface area (Å²) >= 11 is 7.51. The quantitative estimate of drug-likeness (QED) is 0.840. The van der Waals surface area contributed by atoms with E-state index >= 15 is 0 Å². The van der Waals surface area contributed by atoms with Gasteiger partial charge in [-0.15, -0.1) is 11.3 Å². The highest BCUT2D eigenvalue weighted by Crippen LogP contribution is 2.29. The molecule has 0 aromatic carbocycles. The molecule has 92 valence electrons. The van der Waals surface area contributed by atoms with Gasteiger partial charge in [-0.2, -0.15) is 0 Å². The topological polar surface area (TPSA) is 37.8 Å². The molecule has 0 spiro atoms. The van der Waals surface area contributed by atoms with Gasteiger partial charge >= 0.3 is 0 Å². The Hall–Kier alpha value is -0.870. The lowest BCUT2D eigenvalue weighted by Gasteiger charge is -2.26. The minimum absolute atomic E-state index is 0.0152. The van der Waals surface area contributed by atoms with Gasteiger partial charge in [0.2, 0.25) is 5.28 Å². The molecule has 0 saturated carbocycles. The number of anilines is 1. The molecule has 0 bridgehead atoms. The lowest BCUT2D eigenvalue weighted by atomic mass is 9.99. The summed E-state index contributed by atoms with van der Waals surface area (Å²) in [6, 6.07) is 2.03. The highest BCUT2D eigenvalue weighted by molar-refractivity contribution is 7.16. The van der Waals surface area contributed by atoms with Crippen LogP contribution in [0.1, 0.15) is 33.6 Å². The number of halogens is 1. The van der Waals surface area contributed by atoms with E-state index in [0.29, 0.717) is 5.28 Å². The summed E-state index contributed by atoms with van der Waals surface area (Å²) in [7, 11) is 0. The lowest BCUT2D eigenvalue weighted by Crippen LogP contribution is -2.31. The largest absolute Gasteiger partial charge is 0.365 e. The smallest absolute Gasteiger partial charge is 0.225 e.